The molecule has 0 radical (unpaired) electrons. The van der Waals surface area contributed by atoms with E-state index in [1.54, 1.807) is 0 Å². The molecule has 0 atom stereocenters. The Balaban J connectivity index is 1.65. The van der Waals surface area contributed by atoms with E-state index in [0.29, 0.717) is 23.4 Å². The summed E-state index contributed by atoms with van der Waals surface area (Å²) in [6.07, 6.45) is 7.36. The first-order valence-corrected chi connectivity index (χ1v) is 8.83. The molecule has 1 saturated heterocycles. The van der Waals surface area contributed by atoms with E-state index >= 15 is 0 Å². The Kier molecular flexibility index (Phi) is 7.14. The van der Waals surface area contributed by atoms with Gasteiger partial charge < -0.3 is 10.6 Å². The van der Waals surface area contributed by atoms with Gasteiger partial charge in [0.05, 0.1) is 4.99 Å². The zero-order chi connectivity index (χ0) is 15.8. The number of rotatable bonds is 6. The number of thiocarbonyl (C=S) groups is 1. The molecule has 1 amide bonds. The number of hydrogen-bond donors (Lipinski definition) is 1. The van der Waals surface area contributed by atoms with Crippen LogP contribution in [0.2, 0.25) is 0 Å². The molecule has 0 aromatic heterocycles. The van der Waals surface area contributed by atoms with Crippen LogP contribution in [0.4, 0.5) is 0 Å². The van der Waals surface area contributed by atoms with Crippen LogP contribution in [0, 0.1) is 11.8 Å². The fourth-order valence-electron chi connectivity index (χ4n) is 3.27. The van der Waals surface area contributed by atoms with Gasteiger partial charge >= 0.3 is 0 Å². The Morgan fingerprint density at radius 3 is 2.23 bits per heavy atom. The topological polar surface area (TPSA) is 49.6 Å². The van der Waals surface area contributed by atoms with E-state index in [1.807, 2.05) is 4.90 Å². The fraction of sp³-hybridized carbons (Fsp3) is 0.765. The maximum atomic E-state index is 12.2. The normalized spacial score (nSPS) is 20.1. The summed E-state index contributed by atoms with van der Waals surface area (Å²) in [5, 5.41) is 0. The third kappa shape index (κ3) is 5.58. The van der Waals surface area contributed by atoms with Crippen molar-refractivity contribution in [1.82, 2.24) is 9.80 Å². The molecule has 122 valence electrons. The van der Waals surface area contributed by atoms with Crippen molar-refractivity contribution in [3.05, 3.63) is 0 Å². The minimum atomic E-state index is 0.292. The molecule has 0 aromatic rings. The van der Waals surface area contributed by atoms with Gasteiger partial charge in [0.25, 0.3) is 0 Å². The predicted molar refractivity (Wildman–Crippen MR) is 93.4 cm³/mol. The van der Waals surface area contributed by atoms with Gasteiger partial charge in [-0.15, -0.1) is 11.8 Å². The minimum Gasteiger partial charge on any atom is -0.393 e. The van der Waals surface area contributed by atoms with Crippen LogP contribution in [0.5, 0.6) is 0 Å². The second-order valence-electron chi connectivity index (χ2n) is 6.17. The molecule has 2 rings (SSSR count). The van der Waals surface area contributed by atoms with Gasteiger partial charge in [-0.05, 0) is 32.1 Å². The van der Waals surface area contributed by atoms with Crippen molar-refractivity contribution in [2.24, 2.45) is 5.73 Å². The Labute approximate surface area is 139 Å². The minimum absolute atomic E-state index is 0.292. The quantitative estimate of drug-likeness (QED) is 0.461. The van der Waals surface area contributed by atoms with Gasteiger partial charge in [-0.1, -0.05) is 12.2 Å². The molecule has 2 aliphatic rings. The van der Waals surface area contributed by atoms with Gasteiger partial charge in [-0.2, -0.15) is 0 Å². The number of likely N-dealkylation sites (tertiary alicyclic amines) is 1. The number of nitrogens with two attached hydrogens (primary N) is 1. The summed E-state index contributed by atoms with van der Waals surface area (Å²) in [7, 11) is 0. The van der Waals surface area contributed by atoms with Crippen molar-refractivity contribution in [2.45, 2.75) is 57.4 Å². The highest BCUT2D eigenvalue weighted by Gasteiger charge is 2.26. The lowest BCUT2D eigenvalue weighted by atomic mass is 10.0. The number of unbranched alkanes of at least 4 members (excludes halogenated alkanes) is 1. The number of carbonyl (C=O) groups is 1. The van der Waals surface area contributed by atoms with Crippen molar-refractivity contribution in [1.29, 1.82) is 0 Å². The van der Waals surface area contributed by atoms with E-state index in [0.717, 1.165) is 71.1 Å². The number of amides is 1. The first-order valence-electron chi connectivity index (χ1n) is 8.42. The maximum Gasteiger partial charge on any atom is 0.222 e. The number of hydrogen-bond acceptors (Lipinski definition) is 3. The first kappa shape index (κ1) is 17.2. The van der Waals surface area contributed by atoms with E-state index in [-0.39, 0.29) is 0 Å². The molecule has 4 nitrogen and oxygen atoms in total. The molecular weight excluding hydrogens is 294 g/mol. The Morgan fingerprint density at radius 1 is 1.05 bits per heavy atom. The van der Waals surface area contributed by atoms with Crippen LogP contribution in [-0.2, 0) is 4.79 Å². The van der Waals surface area contributed by atoms with E-state index in [9.17, 15) is 4.79 Å². The number of nitrogens with zero attached hydrogens (tertiary/aromatic N) is 2. The third-order valence-electron chi connectivity index (χ3n) is 4.57. The van der Waals surface area contributed by atoms with Crippen molar-refractivity contribution < 1.29 is 4.79 Å². The molecule has 2 N–H and O–H groups in total. The summed E-state index contributed by atoms with van der Waals surface area (Å²) in [5.41, 5.74) is 5.47. The zero-order valence-electron chi connectivity index (χ0n) is 13.4. The van der Waals surface area contributed by atoms with Gasteiger partial charge in [0.15, 0.2) is 0 Å². The van der Waals surface area contributed by atoms with Gasteiger partial charge in [-0.3, -0.25) is 9.69 Å². The molecule has 0 bridgehead atoms. The standard InChI is InChI=1S/C17H27N3OS/c18-16(22)7-3-4-8-17(21)20-13-9-15(10-14-20)19-11-5-1-2-6-12-19/h15H,3-14H2,(H2,18,22). The molecule has 2 heterocycles. The highest BCUT2D eigenvalue weighted by molar-refractivity contribution is 7.80. The molecule has 0 spiro atoms. The van der Waals surface area contributed by atoms with Crippen LogP contribution in [0.3, 0.4) is 0 Å². The van der Waals surface area contributed by atoms with Crippen molar-refractivity contribution >= 4 is 23.1 Å². The second-order valence-corrected chi connectivity index (χ2v) is 6.70. The molecule has 0 aliphatic carbocycles. The molecular formula is C17H27N3OS. The monoisotopic (exact) mass is 321 g/mol. The van der Waals surface area contributed by atoms with Crippen LogP contribution in [0.25, 0.3) is 0 Å². The smallest absolute Gasteiger partial charge is 0.222 e. The van der Waals surface area contributed by atoms with Crippen molar-refractivity contribution in [3.8, 4) is 11.8 Å². The van der Waals surface area contributed by atoms with E-state index in [4.69, 9.17) is 18.0 Å². The SMILES string of the molecule is NC(=S)CCCCC(=O)N1CCC(N2CCC#CCC2)CC1. The molecule has 5 heteroatoms. The van der Waals surface area contributed by atoms with Crippen LogP contribution in [0.15, 0.2) is 0 Å². The lowest BCUT2D eigenvalue weighted by Crippen LogP contribution is -2.47. The van der Waals surface area contributed by atoms with E-state index in [2.05, 4.69) is 16.7 Å². The van der Waals surface area contributed by atoms with Gasteiger partial charge in [0.1, 0.15) is 0 Å². The largest absolute Gasteiger partial charge is 0.393 e. The molecule has 0 aromatic carbocycles. The summed E-state index contributed by atoms with van der Waals surface area (Å²) in [4.78, 5) is 17.3. The molecule has 0 unspecified atom stereocenters. The average Bonchev–Trinajstić information content (AvgIpc) is 2.80. The summed E-state index contributed by atoms with van der Waals surface area (Å²) < 4.78 is 0. The Hall–Kier alpha value is -1.12. The lowest BCUT2D eigenvalue weighted by Gasteiger charge is -2.38. The Bertz CT molecular complexity index is 435. The second kappa shape index (κ2) is 9.12. The number of piperidine rings is 1. The lowest BCUT2D eigenvalue weighted by molar-refractivity contribution is -0.132. The van der Waals surface area contributed by atoms with Gasteiger partial charge in [-0.25, -0.2) is 0 Å². The summed E-state index contributed by atoms with van der Waals surface area (Å²) in [6.45, 7) is 3.97. The first-order chi connectivity index (χ1) is 10.7. The van der Waals surface area contributed by atoms with Crippen LogP contribution in [0.1, 0.15) is 51.4 Å². The van der Waals surface area contributed by atoms with Crippen molar-refractivity contribution in [2.75, 3.05) is 26.2 Å². The molecule has 2 aliphatic heterocycles. The summed E-state index contributed by atoms with van der Waals surface area (Å²) in [5.74, 6) is 6.70. The summed E-state index contributed by atoms with van der Waals surface area (Å²) in [6, 6.07) is 0.625. The van der Waals surface area contributed by atoms with Crippen LogP contribution < -0.4 is 5.73 Å². The highest BCUT2D eigenvalue weighted by Crippen LogP contribution is 2.19. The molecule has 22 heavy (non-hydrogen) atoms. The molecule has 1 fully saturated rings. The van der Waals surface area contributed by atoms with E-state index in [1.165, 1.54) is 0 Å². The molecule has 0 saturated carbocycles. The van der Waals surface area contributed by atoms with Gasteiger partial charge in [0, 0.05) is 51.5 Å². The summed E-state index contributed by atoms with van der Waals surface area (Å²) >= 11 is 4.85. The van der Waals surface area contributed by atoms with Crippen LogP contribution >= 0.6 is 12.2 Å². The highest BCUT2D eigenvalue weighted by atomic mass is 32.1. The fourth-order valence-corrected chi connectivity index (χ4v) is 3.41. The van der Waals surface area contributed by atoms with E-state index < -0.39 is 0 Å². The predicted octanol–water partition coefficient (Wildman–Crippen LogP) is 1.92. The Morgan fingerprint density at radius 2 is 1.64 bits per heavy atom. The van der Waals surface area contributed by atoms with Crippen LogP contribution in [-0.4, -0.2) is 52.9 Å². The average molecular weight is 321 g/mol. The number of carbonyl (C=O) groups excluding carboxylic acids is 1. The van der Waals surface area contributed by atoms with Crippen molar-refractivity contribution in [3.63, 3.8) is 0 Å². The maximum absolute atomic E-state index is 12.2. The zero-order valence-corrected chi connectivity index (χ0v) is 14.2. The van der Waals surface area contributed by atoms with Gasteiger partial charge in [0.2, 0.25) is 5.91 Å². The third-order valence-corrected chi connectivity index (χ3v) is 4.77.